The lowest BCUT2D eigenvalue weighted by molar-refractivity contribution is -0.142. The molecule has 0 saturated carbocycles. The molecule has 3 aromatic carbocycles. The van der Waals surface area contributed by atoms with Gasteiger partial charge in [-0.25, -0.2) is 4.79 Å². The molecular weight excluding hydrogens is 670 g/mol. The number of ketones is 1. The third-order valence-electron chi connectivity index (χ3n) is 8.56. The minimum absolute atomic E-state index is 0.0583. The molecule has 0 radical (unpaired) electrons. The number of nitrogens with one attached hydrogen (secondary N) is 5. The fourth-order valence-corrected chi connectivity index (χ4v) is 5.62. The van der Waals surface area contributed by atoms with Crippen molar-refractivity contribution in [2.75, 3.05) is 6.54 Å². The van der Waals surface area contributed by atoms with E-state index in [0.29, 0.717) is 35.5 Å². The molecule has 0 saturated heterocycles. The van der Waals surface area contributed by atoms with Crippen LogP contribution in [0.15, 0.2) is 78.9 Å². The van der Waals surface area contributed by atoms with Crippen LogP contribution < -0.4 is 31.3 Å². The number of carbonyl (C=O) groups is 7. The van der Waals surface area contributed by atoms with Gasteiger partial charge in [-0.2, -0.15) is 0 Å². The predicted octanol–water partition coefficient (Wildman–Crippen LogP) is 2.43. The first kappa shape index (κ1) is 38.7. The number of carboxylic acids is 1. The normalized spacial score (nSPS) is 18.6. The molecule has 2 heterocycles. The van der Waals surface area contributed by atoms with Gasteiger partial charge in [0.05, 0.1) is 12.6 Å². The van der Waals surface area contributed by atoms with E-state index >= 15 is 0 Å². The molecule has 0 aliphatic carbocycles. The molecule has 0 spiro atoms. The van der Waals surface area contributed by atoms with Gasteiger partial charge in [-0.05, 0) is 60.7 Å². The Morgan fingerprint density at radius 1 is 0.865 bits per heavy atom. The number of carboxylic acid groups (broad SMARTS) is 1. The molecule has 5 rings (SSSR count). The van der Waals surface area contributed by atoms with Crippen molar-refractivity contribution in [3.8, 4) is 11.5 Å². The number of benzene rings is 3. The maximum absolute atomic E-state index is 13.9. The zero-order valence-electron chi connectivity index (χ0n) is 29.1. The largest absolute Gasteiger partial charge is 0.479 e. The second kappa shape index (κ2) is 18.3. The molecule has 5 amide bonds. The minimum Gasteiger partial charge on any atom is -0.479 e. The number of carbonyl (C=O) groups excluding carboxylic acids is 6. The van der Waals surface area contributed by atoms with Crippen LogP contribution in [0.2, 0.25) is 0 Å². The van der Waals surface area contributed by atoms with E-state index in [2.05, 4.69) is 26.6 Å². The fourth-order valence-electron chi connectivity index (χ4n) is 5.62. The molecule has 274 valence electrons. The van der Waals surface area contributed by atoms with Gasteiger partial charge in [-0.15, -0.1) is 0 Å². The Hall–Kier alpha value is -6.05. The Labute approximate surface area is 301 Å². The van der Waals surface area contributed by atoms with Crippen LogP contribution in [-0.4, -0.2) is 71.1 Å². The van der Waals surface area contributed by atoms with Gasteiger partial charge in [-0.1, -0.05) is 74.9 Å². The molecule has 0 aromatic heterocycles. The van der Waals surface area contributed by atoms with Crippen molar-refractivity contribution in [2.45, 2.75) is 76.5 Å². The lowest BCUT2D eigenvalue weighted by Gasteiger charge is -2.28. The summed E-state index contributed by atoms with van der Waals surface area (Å²) < 4.78 is 6.04. The third-order valence-corrected chi connectivity index (χ3v) is 8.56. The highest BCUT2D eigenvalue weighted by molar-refractivity contribution is 6.38. The Bertz CT molecular complexity index is 1780. The molecule has 5 atom stereocenters. The van der Waals surface area contributed by atoms with Crippen LogP contribution in [-0.2, 0) is 40.0 Å². The molecular formula is C38H43N5O9. The van der Waals surface area contributed by atoms with Crippen molar-refractivity contribution < 1.29 is 43.4 Å². The maximum atomic E-state index is 13.9. The Morgan fingerprint density at radius 2 is 1.58 bits per heavy atom. The summed E-state index contributed by atoms with van der Waals surface area (Å²) in [5.41, 5.74) is 1.84. The van der Waals surface area contributed by atoms with Crippen LogP contribution in [0.5, 0.6) is 11.5 Å². The second-order valence-corrected chi connectivity index (χ2v) is 12.5. The average molecular weight is 714 g/mol. The summed E-state index contributed by atoms with van der Waals surface area (Å²) in [6.45, 7) is 4.25. The molecule has 3 aromatic rings. The number of hydrogen-bond acceptors (Lipinski definition) is 8. The maximum Gasteiger partial charge on any atom is 0.330 e. The number of ether oxygens (including phenoxy) is 1. The topological polar surface area (TPSA) is 209 Å². The lowest BCUT2D eigenvalue weighted by atomic mass is 9.91. The third kappa shape index (κ3) is 10.7. The Balaban J connectivity index is 1.50. The van der Waals surface area contributed by atoms with Gasteiger partial charge in [0.2, 0.25) is 29.4 Å². The first-order chi connectivity index (χ1) is 24.9. The first-order valence-electron chi connectivity index (χ1n) is 17.0. The minimum atomic E-state index is -1.38. The fraction of sp³-hybridized carbons (Fsp3) is 0.342. The van der Waals surface area contributed by atoms with Crippen LogP contribution >= 0.6 is 0 Å². The van der Waals surface area contributed by atoms with E-state index < -0.39 is 72.0 Å². The number of rotatable bonds is 11. The summed E-state index contributed by atoms with van der Waals surface area (Å²) in [4.78, 5) is 90.5. The van der Waals surface area contributed by atoms with Crippen molar-refractivity contribution in [2.24, 2.45) is 0 Å². The summed E-state index contributed by atoms with van der Waals surface area (Å²) in [7, 11) is 0. The Kier molecular flexibility index (Phi) is 13.6. The summed E-state index contributed by atoms with van der Waals surface area (Å²) in [6.07, 6.45) is 0.997. The SMILES string of the molecule is CCCC(NC(=O)C1NC(=O)[C@H](C)NC(=O)CCc2ccc(cc2)Oc2cccc(c2)[C@H]1C)C(=O)C(=O)NCC(=O)NC(C(=O)O)c1ccccc1. The number of amides is 5. The number of Topliss-reactive ketones (excluding diaryl/α,β-unsaturated/α-hetero) is 1. The molecule has 14 heteroatoms. The highest BCUT2D eigenvalue weighted by atomic mass is 16.5. The second-order valence-electron chi connectivity index (χ2n) is 12.5. The van der Waals surface area contributed by atoms with Crippen LogP contribution in [0.1, 0.15) is 68.7 Å². The lowest BCUT2D eigenvalue weighted by Crippen LogP contribution is -2.57. The molecule has 2 aliphatic heterocycles. The highest BCUT2D eigenvalue weighted by Crippen LogP contribution is 2.28. The van der Waals surface area contributed by atoms with Crippen molar-refractivity contribution in [1.82, 2.24) is 26.6 Å². The predicted molar refractivity (Wildman–Crippen MR) is 189 cm³/mol. The highest BCUT2D eigenvalue weighted by Gasteiger charge is 2.34. The van der Waals surface area contributed by atoms with Crippen LogP contribution in [0.3, 0.4) is 0 Å². The molecule has 14 nitrogen and oxygen atoms in total. The monoisotopic (exact) mass is 713 g/mol. The quantitative estimate of drug-likeness (QED) is 0.161. The van der Waals surface area contributed by atoms with E-state index in [4.69, 9.17) is 4.74 Å². The zero-order valence-corrected chi connectivity index (χ0v) is 29.1. The zero-order chi connectivity index (χ0) is 37.8. The summed E-state index contributed by atoms with van der Waals surface area (Å²) in [5.74, 6) is -5.77. The smallest absolute Gasteiger partial charge is 0.330 e. The van der Waals surface area contributed by atoms with Crippen molar-refractivity contribution >= 4 is 41.3 Å². The van der Waals surface area contributed by atoms with E-state index in [1.165, 1.54) is 19.1 Å². The summed E-state index contributed by atoms with van der Waals surface area (Å²) in [6, 6.07) is 17.3. The Morgan fingerprint density at radius 3 is 2.25 bits per heavy atom. The van der Waals surface area contributed by atoms with Gasteiger partial charge in [-0.3, -0.25) is 28.8 Å². The van der Waals surface area contributed by atoms with Crippen molar-refractivity contribution in [3.63, 3.8) is 0 Å². The van der Waals surface area contributed by atoms with Gasteiger partial charge in [0.15, 0.2) is 6.04 Å². The van der Waals surface area contributed by atoms with E-state index in [9.17, 15) is 38.7 Å². The van der Waals surface area contributed by atoms with Gasteiger partial charge in [0, 0.05) is 12.3 Å². The summed E-state index contributed by atoms with van der Waals surface area (Å²) >= 11 is 0. The molecule has 4 bridgehead atoms. The van der Waals surface area contributed by atoms with E-state index in [0.717, 1.165) is 5.56 Å². The van der Waals surface area contributed by atoms with Crippen molar-refractivity contribution in [3.05, 3.63) is 95.6 Å². The van der Waals surface area contributed by atoms with Crippen LogP contribution in [0.4, 0.5) is 0 Å². The van der Waals surface area contributed by atoms with Gasteiger partial charge >= 0.3 is 5.97 Å². The van der Waals surface area contributed by atoms with Crippen LogP contribution in [0.25, 0.3) is 0 Å². The molecule has 3 unspecified atom stereocenters. The number of hydrogen-bond donors (Lipinski definition) is 6. The molecule has 6 N–H and O–H groups in total. The van der Waals surface area contributed by atoms with E-state index in [-0.39, 0.29) is 18.7 Å². The van der Waals surface area contributed by atoms with Crippen molar-refractivity contribution in [1.29, 1.82) is 0 Å². The van der Waals surface area contributed by atoms with E-state index in [1.807, 2.05) is 12.1 Å². The first-order valence-corrected chi connectivity index (χ1v) is 17.0. The molecule has 52 heavy (non-hydrogen) atoms. The van der Waals surface area contributed by atoms with E-state index in [1.54, 1.807) is 68.4 Å². The van der Waals surface area contributed by atoms with Crippen LogP contribution in [0, 0.1) is 0 Å². The van der Waals surface area contributed by atoms with Gasteiger partial charge < -0.3 is 36.4 Å². The molecule has 2 aliphatic rings. The number of fused-ring (bicyclic) bond motifs is 10. The summed E-state index contributed by atoms with van der Waals surface area (Å²) in [5, 5.41) is 22.1. The van der Waals surface area contributed by atoms with Gasteiger partial charge in [0.1, 0.15) is 23.6 Å². The number of aryl methyl sites for hydroxylation is 1. The molecule has 0 fully saturated rings. The van der Waals surface area contributed by atoms with Gasteiger partial charge in [0.25, 0.3) is 5.91 Å². The number of aliphatic carboxylic acids is 1. The average Bonchev–Trinajstić information content (AvgIpc) is 3.13. The standard InChI is InChI=1S/C38H43N5O9/c1-4-9-29(34(46)37(49)39-21-31(45)42-33(38(50)51)25-10-6-5-7-11-25)41-36(48)32-22(2)26-12-8-13-28(20-26)52-27-17-14-24(15-18-27)16-19-30(44)40-23(3)35(47)43-32/h5-8,10-15,17-18,20,22-23,29,32-33H,4,9,16,19,21H2,1-3H3,(H,39,49)(H,40,44)(H,41,48)(H,42,45)(H,43,47)(H,50,51)/t22-,23+,29?,32?,33?/m1/s1.